The quantitative estimate of drug-likeness (QED) is 0.729. The second kappa shape index (κ2) is 4.97. The smallest absolute Gasteiger partial charge is 0.0593 e. The van der Waals surface area contributed by atoms with Gasteiger partial charge < -0.3 is 9.84 Å². The molecule has 4 unspecified atom stereocenters. The van der Waals surface area contributed by atoms with Crippen LogP contribution >= 0.6 is 0 Å². The molecule has 0 radical (unpaired) electrons. The summed E-state index contributed by atoms with van der Waals surface area (Å²) in [6.45, 7) is 7.20. The molecule has 0 aliphatic carbocycles. The molecular weight excluding hydrogens is 164 g/mol. The van der Waals surface area contributed by atoms with Gasteiger partial charge in [0.1, 0.15) is 0 Å². The third-order valence-electron chi connectivity index (χ3n) is 3.11. The molecule has 78 valence electrons. The predicted molar refractivity (Wildman–Crippen MR) is 53.6 cm³/mol. The van der Waals surface area contributed by atoms with Gasteiger partial charge >= 0.3 is 0 Å². The molecule has 0 aromatic rings. The van der Waals surface area contributed by atoms with Gasteiger partial charge in [0.25, 0.3) is 0 Å². The number of aliphatic hydroxyl groups excluding tert-OH is 1. The van der Waals surface area contributed by atoms with Gasteiger partial charge in [0.05, 0.1) is 18.8 Å². The van der Waals surface area contributed by atoms with E-state index in [-0.39, 0.29) is 6.10 Å². The number of rotatable bonds is 4. The topological polar surface area (TPSA) is 29.5 Å². The van der Waals surface area contributed by atoms with E-state index in [4.69, 9.17) is 4.74 Å². The van der Waals surface area contributed by atoms with Crippen LogP contribution < -0.4 is 0 Å². The molecule has 1 heterocycles. The lowest BCUT2D eigenvalue weighted by atomic mass is 9.91. The van der Waals surface area contributed by atoms with Crippen molar-refractivity contribution >= 4 is 0 Å². The summed E-state index contributed by atoms with van der Waals surface area (Å²) in [5.74, 6) is 1.01. The Morgan fingerprint density at radius 2 is 2.23 bits per heavy atom. The van der Waals surface area contributed by atoms with Crippen molar-refractivity contribution in [1.82, 2.24) is 0 Å². The van der Waals surface area contributed by atoms with Gasteiger partial charge in [-0.15, -0.1) is 0 Å². The highest BCUT2D eigenvalue weighted by Crippen LogP contribution is 2.26. The Bertz CT molecular complexity index is 147. The molecule has 1 rings (SSSR count). The maximum atomic E-state index is 9.89. The molecule has 1 saturated heterocycles. The molecule has 0 amide bonds. The summed E-state index contributed by atoms with van der Waals surface area (Å²) in [6, 6.07) is 0. The summed E-state index contributed by atoms with van der Waals surface area (Å²) in [4.78, 5) is 0. The van der Waals surface area contributed by atoms with Crippen molar-refractivity contribution in [2.75, 3.05) is 6.61 Å². The Morgan fingerprint density at radius 3 is 2.69 bits per heavy atom. The van der Waals surface area contributed by atoms with Gasteiger partial charge in [-0.05, 0) is 25.7 Å². The number of hydrogen-bond acceptors (Lipinski definition) is 2. The van der Waals surface area contributed by atoms with E-state index in [0.29, 0.717) is 17.9 Å². The maximum Gasteiger partial charge on any atom is 0.0593 e. The zero-order valence-corrected chi connectivity index (χ0v) is 8.99. The summed E-state index contributed by atoms with van der Waals surface area (Å²) in [5.41, 5.74) is 0. The normalized spacial score (nSPS) is 33.2. The van der Waals surface area contributed by atoms with Gasteiger partial charge in [0.2, 0.25) is 0 Å². The molecule has 1 fully saturated rings. The van der Waals surface area contributed by atoms with Gasteiger partial charge in [0, 0.05) is 5.92 Å². The van der Waals surface area contributed by atoms with Crippen LogP contribution in [-0.4, -0.2) is 23.9 Å². The first kappa shape index (κ1) is 11.0. The van der Waals surface area contributed by atoms with Crippen LogP contribution in [0.2, 0.25) is 0 Å². The van der Waals surface area contributed by atoms with Crippen LogP contribution in [-0.2, 0) is 4.74 Å². The minimum Gasteiger partial charge on any atom is -0.393 e. The van der Waals surface area contributed by atoms with E-state index < -0.39 is 0 Å². The SMILES string of the molecule is CCC(C)CC(O)C1COC(C)C1. The molecule has 0 bridgehead atoms. The monoisotopic (exact) mass is 186 g/mol. The van der Waals surface area contributed by atoms with E-state index in [1.807, 2.05) is 0 Å². The van der Waals surface area contributed by atoms with Gasteiger partial charge in [-0.3, -0.25) is 0 Å². The standard InChI is InChI=1S/C11H22O2/c1-4-8(2)5-11(12)10-6-9(3)13-7-10/h8-12H,4-7H2,1-3H3. The summed E-state index contributed by atoms with van der Waals surface area (Å²) in [6.07, 6.45) is 3.30. The Kier molecular flexibility index (Phi) is 4.20. The highest BCUT2D eigenvalue weighted by Gasteiger charge is 2.28. The van der Waals surface area contributed by atoms with Gasteiger partial charge in [-0.1, -0.05) is 20.3 Å². The van der Waals surface area contributed by atoms with Crippen molar-refractivity contribution in [1.29, 1.82) is 0 Å². The minimum absolute atomic E-state index is 0.153. The van der Waals surface area contributed by atoms with Crippen LogP contribution in [0.25, 0.3) is 0 Å². The van der Waals surface area contributed by atoms with E-state index in [9.17, 15) is 5.11 Å². The number of hydrogen-bond donors (Lipinski definition) is 1. The molecule has 1 N–H and O–H groups in total. The first-order valence-corrected chi connectivity index (χ1v) is 5.43. The van der Waals surface area contributed by atoms with Crippen molar-refractivity contribution in [3.05, 3.63) is 0 Å². The zero-order chi connectivity index (χ0) is 9.84. The van der Waals surface area contributed by atoms with E-state index in [1.54, 1.807) is 0 Å². The first-order chi connectivity index (χ1) is 6.13. The average Bonchev–Trinajstić information content (AvgIpc) is 2.51. The Hall–Kier alpha value is -0.0800. The van der Waals surface area contributed by atoms with E-state index >= 15 is 0 Å². The van der Waals surface area contributed by atoms with Crippen LogP contribution in [0, 0.1) is 11.8 Å². The fourth-order valence-corrected chi connectivity index (χ4v) is 1.89. The third-order valence-corrected chi connectivity index (χ3v) is 3.11. The lowest BCUT2D eigenvalue weighted by Crippen LogP contribution is -2.23. The van der Waals surface area contributed by atoms with Crippen LogP contribution in [0.4, 0.5) is 0 Å². The average molecular weight is 186 g/mol. The molecule has 0 saturated carbocycles. The maximum absolute atomic E-state index is 9.89. The van der Waals surface area contributed by atoms with E-state index in [2.05, 4.69) is 20.8 Å². The molecule has 2 nitrogen and oxygen atoms in total. The Morgan fingerprint density at radius 1 is 1.54 bits per heavy atom. The van der Waals surface area contributed by atoms with Crippen molar-refractivity contribution < 1.29 is 9.84 Å². The Labute approximate surface area is 81.3 Å². The largest absolute Gasteiger partial charge is 0.393 e. The third kappa shape index (κ3) is 3.28. The predicted octanol–water partition coefficient (Wildman–Crippen LogP) is 2.21. The summed E-state index contributed by atoms with van der Waals surface area (Å²) in [7, 11) is 0. The number of ether oxygens (including phenoxy) is 1. The van der Waals surface area contributed by atoms with E-state index in [0.717, 1.165) is 25.9 Å². The van der Waals surface area contributed by atoms with Gasteiger partial charge in [-0.25, -0.2) is 0 Å². The fraction of sp³-hybridized carbons (Fsp3) is 1.00. The molecule has 0 aromatic carbocycles. The van der Waals surface area contributed by atoms with Crippen LogP contribution in [0.5, 0.6) is 0 Å². The zero-order valence-electron chi connectivity index (χ0n) is 8.99. The summed E-state index contributed by atoms with van der Waals surface area (Å²) < 4.78 is 5.44. The molecule has 1 aliphatic rings. The van der Waals surface area contributed by atoms with Crippen molar-refractivity contribution in [2.45, 2.75) is 52.2 Å². The molecule has 0 spiro atoms. The second-order valence-electron chi connectivity index (χ2n) is 4.46. The molecular formula is C11H22O2. The lowest BCUT2D eigenvalue weighted by molar-refractivity contribution is 0.0660. The molecule has 4 atom stereocenters. The highest BCUT2D eigenvalue weighted by atomic mass is 16.5. The van der Waals surface area contributed by atoms with Crippen molar-refractivity contribution in [3.63, 3.8) is 0 Å². The lowest BCUT2D eigenvalue weighted by Gasteiger charge is -2.19. The summed E-state index contributed by atoms with van der Waals surface area (Å²) >= 11 is 0. The first-order valence-electron chi connectivity index (χ1n) is 5.43. The second-order valence-corrected chi connectivity index (χ2v) is 4.46. The molecule has 13 heavy (non-hydrogen) atoms. The molecule has 0 aromatic heterocycles. The fourth-order valence-electron chi connectivity index (χ4n) is 1.89. The summed E-state index contributed by atoms with van der Waals surface area (Å²) in [5, 5.41) is 9.89. The van der Waals surface area contributed by atoms with Crippen molar-refractivity contribution in [3.8, 4) is 0 Å². The minimum atomic E-state index is -0.153. The van der Waals surface area contributed by atoms with Crippen molar-refractivity contribution in [2.24, 2.45) is 11.8 Å². The number of aliphatic hydroxyl groups is 1. The Balaban J connectivity index is 2.27. The van der Waals surface area contributed by atoms with Gasteiger partial charge in [0.15, 0.2) is 0 Å². The van der Waals surface area contributed by atoms with Gasteiger partial charge in [-0.2, -0.15) is 0 Å². The van der Waals surface area contributed by atoms with Crippen LogP contribution in [0.1, 0.15) is 40.0 Å². The van der Waals surface area contributed by atoms with Crippen LogP contribution in [0.3, 0.4) is 0 Å². The molecule has 2 heteroatoms. The highest BCUT2D eigenvalue weighted by molar-refractivity contribution is 4.77. The van der Waals surface area contributed by atoms with Crippen LogP contribution in [0.15, 0.2) is 0 Å². The molecule has 1 aliphatic heterocycles. The van der Waals surface area contributed by atoms with E-state index in [1.165, 1.54) is 0 Å².